The van der Waals surface area contributed by atoms with Gasteiger partial charge in [-0.25, -0.2) is 4.79 Å². The molecule has 3 rings (SSSR count). The Morgan fingerprint density at radius 1 is 1.25 bits per heavy atom. The van der Waals surface area contributed by atoms with Crippen molar-refractivity contribution in [3.63, 3.8) is 0 Å². The number of nitrogens with zero attached hydrogens (tertiary/aromatic N) is 2. The van der Waals surface area contributed by atoms with Gasteiger partial charge in [-0.2, -0.15) is 0 Å². The molecule has 108 valence electrons. The van der Waals surface area contributed by atoms with E-state index in [0.29, 0.717) is 16.1 Å². The third-order valence-electron chi connectivity index (χ3n) is 4.35. The number of carboxylic acid groups (broad SMARTS) is 1. The molecule has 0 amide bonds. The van der Waals surface area contributed by atoms with E-state index in [2.05, 4.69) is 25.7 Å². The smallest absolute Gasteiger partial charge is 0.338 e. The standard InChI is InChI=1S/C15H19BrN2O2/c16-12-5-1-6-13(14(12)15(19)20)18-9-3-8-17-7-2-4-11(17)10-18/h1,5-6,11H,2-4,7-10H2,(H,19,20). The highest BCUT2D eigenvalue weighted by atomic mass is 79.9. The summed E-state index contributed by atoms with van der Waals surface area (Å²) >= 11 is 3.37. The molecule has 0 aliphatic carbocycles. The first-order valence-electron chi connectivity index (χ1n) is 7.17. The molecule has 2 fully saturated rings. The van der Waals surface area contributed by atoms with Crippen LogP contribution < -0.4 is 4.90 Å². The number of rotatable bonds is 2. The molecule has 0 radical (unpaired) electrons. The van der Waals surface area contributed by atoms with Gasteiger partial charge in [0.2, 0.25) is 0 Å². The molecule has 1 unspecified atom stereocenters. The van der Waals surface area contributed by atoms with E-state index in [9.17, 15) is 9.90 Å². The van der Waals surface area contributed by atoms with Crippen LogP contribution in [0.3, 0.4) is 0 Å². The highest BCUT2D eigenvalue weighted by Crippen LogP contribution is 2.31. The SMILES string of the molecule is O=C(O)c1c(Br)cccc1N1CCCN2CCCC2C1. The minimum absolute atomic E-state index is 0.388. The van der Waals surface area contributed by atoms with E-state index in [-0.39, 0.29) is 0 Å². The van der Waals surface area contributed by atoms with Crippen LogP contribution in [0.5, 0.6) is 0 Å². The topological polar surface area (TPSA) is 43.8 Å². The Labute approximate surface area is 127 Å². The first kappa shape index (κ1) is 13.9. The van der Waals surface area contributed by atoms with Gasteiger partial charge < -0.3 is 10.0 Å². The molecule has 1 atom stereocenters. The predicted octanol–water partition coefficient (Wildman–Crippen LogP) is 2.82. The number of hydrogen-bond acceptors (Lipinski definition) is 3. The summed E-state index contributed by atoms with van der Waals surface area (Å²) in [5.74, 6) is -0.861. The van der Waals surface area contributed by atoms with Crippen molar-refractivity contribution >= 4 is 27.6 Å². The van der Waals surface area contributed by atoms with Crippen LogP contribution in [0.4, 0.5) is 5.69 Å². The molecule has 0 spiro atoms. The summed E-state index contributed by atoms with van der Waals surface area (Å²) in [4.78, 5) is 16.3. The number of fused-ring (bicyclic) bond motifs is 1. The molecule has 1 aromatic carbocycles. The van der Waals surface area contributed by atoms with Crippen molar-refractivity contribution < 1.29 is 9.90 Å². The number of halogens is 1. The average molecular weight is 339 g/mol. The molecule has 0 aromatic heterocycles. The van der Waals surface area contributed by atoms with Crippen molar-refractivity contribution in [1.29, 1.82) is 0 Å². The first-order chi connectivity index (χ1) is 9.66. The van der Waals surface area contributed by atoms with E-state index in [1.165, 1.54) is 19.4 Å². The zero-order chi connectivity index (χ0) is 14.1. The molecule has 4 nitrogen and oxygen atoms in total. The molecule has 1 aromatic rings. The van der Waals surface area contributed by atoms with E-state index in [1.54, 1.807) is 6.07 Å². The number of carboxylic acids is 1. The number of carbonyl (C=O) groups is 1. The van der Waals surface area contributed by atoms with Gasteiger partial charge in [-0.15, -0.1) is 0 Å². The molecular weight excluding hydrogens is 320 g/mol. The highest BCUT2D eigenvalue weighted by Gasteiger charge is 2.30. The summed E-state index contributed by atoms with van der Waals surface area (Å²) in [6, 6.07) is 6.23. The van der Waals surface area contributed by atoms with E-state index in [1.807, 2.05) is 12.1 Å². The normalized spacial score (nSPS) is 23.4. The monoisotopic (exact) mass is 338 g/mol. The second-order valence-electron chi connectivity index (χ2n) is 5.57. The molecule has 0 bridgehead atoms. The molecule has 2 aliphatic heterocycles. The van der Waals surface area contributed by atoms with Crippen molar-refractivity contribution in [3.05, 3.63) is 28.2 Å². The van der Waals surface area contributed by atoms with Gasteiger partial charge >= 0.3 is 5.97 Å². The van der Waals surface area contributed by atoms with Crippen molar-refractivity contribution in [2.75, 3.05) is 31.1 Å². The van der Waals surface area contributed by atoms with Crippen molar-refractivity contribution in [2.45, 2.75) is 25.3 Å². The molecule has 0 saturated carbocycles. The Bertz CT molecular complexity index is 521. The van der Waals surface area contributed by atoms with E-state index in [4.69, 9.17) is 0 Å². The third kappa shape index (κ3) is 2.56. The maximum Gasteiger partial charge on any atom is 0.338 e. The number of hydrogen-bond donors (Lipinski definition) is 1. The molecule has 1 N–H and O–H groups in total. The Kier molecular flexibility index (Phi) is 3.98. The predicted molar refractivity (Wildman–Crippen MR) is 82.5 cm³/mol. The van der Waals surface area contributed by atoms with E-state index in [0.717, 1.165) is 31.7 Å². The molecular formula is C15H19BrN2O2. The Balaban J connectivity index is 1.92. The van der Waals surface area contributed by atoms with Gasteiger partial charge in [0.25, 0.3) is 0 Å². The van der Waals surface area contributed by atoms with Crippen LogP contribution in [0.15, 0.2) is 22.7 Å². The lowest BCUT2D eigenvalue weighted by Crippen LogP contribution is -2.37. The minimum Gasteiger partial charge on any atom is -0.478 e. The lowest BCUT2D eigenvalue weighted by atomic mass is 10.1. The van der Waals surface area contributed by atoms with Gasteiger partial charge in [-0.1, -0.05) is 6.07 Å². The average Bonchev–Trinajstić information content (AvgIpc) is 2.75. The highest BCUT2D eigenvalue weighted by molar-refractivity contribution is 9.10. The summed E-state index contributed by atoms with van der Waals surface area (Å²) in [5, 5.41) is 9.47. The quantitative estimate of drug-likeness (QED) is 0.900. The van der Waals surface area contributed by atoms with Crippen molar-refractivity contribution in [2.24, 2.45) is 0 Å². The van der Waals surface area contributed by atoms with Gasteiger partial charge in [0.05, 0.1) is 11.3 Å². The minimum atomic E-state index is -0.861. The summed E-state index contributed by atoms with van der Waals surface area (Å²) in [6.07, 6.45) is 3.59. The molecule has 2 heterocycles. The fourth-order valence-corrected chi connectivity index (χ4v) is 3.94. The molecule has 2 saturated heterocycles. The summed E-state index contributed by atoms with van der Waals surface area (Å²) in [6.45, 7) is 4.21. The fourth-order valence-electron chi connectivity index (χ4n) is 3.41. The van der Waals surface area contributed by atoms with Crippen LogP contribution in [0.1, 0.15) is 29.6 Å². The first-order valence-corrected chi connectivity index (χ1v) is 7.97. The zero-order valence-corrected chi connectivity index (χ0v) is 13.0. The van der Waals surface area contributed by atoms with Gasteiger partial charge in [0, 0.05) is 30.1 Å². The molecule has 5 heteroatoms. The second kappa shape index (κ2) is 5.74. The van der Waals surface area contributed by atoms with Crippen molar-refractivity contribution in [1.82, 2.24) is 4.90 Å². The summed E-state index contributed by atoms with van der Waals surface area (Å²) in [5.41, 5.74) is 1.24. The van der Waals surface area contributed by atoms with Crippen LogP contribution in [0.25, 0.3) is 0 Å². The van der Waals surface area contributed by atoms with Crippen LogP contribution in [-0.2, 0) is 0 Å². The van der Waals surface area contributed by atoms with Crippen LogP contribution in [0, 0.1) is 0 Å². The Morgan fingerprint density at radius 3 is 2.85 bits per heavy atom. The maximum atomic E-state index is 11.5. The maximum absolute atomic E-state index is 11.5. The van der Waals surface area contributed by atoms with Gasteiger partial charge in [-0.05, 0) is 53.9 Å². The van der Waals surface area contributed by atoms with Gasteiger partial charge in [0.1, 0.15) is 0 Å². The molecule has 20 heavy (non-hydrogen) atoms. The Morgan fingerprint density at radius 2 is 2.05 bits per heavy atom. The zero-order valence-electron chi connectivity index (χ0n) is 11.4. The lowest BCUT2D eigenvalue weighted by Gasteiger charge is -2.28. The summed E-state index contributed by atoms with van der Waals surface area (Å²) in [7, 11) is 0. The second-order valence-corrected chi connectivity index (χ2v) is 6.43. The van der Waals surface area contributed by atoms with Gasteiger partial charge in [0.15, 0.2) is 0 Å². The van der Waals surface area contributed by atoms with Crippen molar-refractivity contribution in [3.8, 4) is 0 Å². The van der Waals surface area contributed by atoms with Crippen LogP contribution in [0.2, 0.25) is 0 Å². The fraction of sp³-hybridized carbons (Fsp3) is 0.533. The summed E-state index contributed by atoms with van der Waals surface area (Å²) < 4.78 is 0.662. The Hall–Kier alpha value is -1.07. The van der Waals surface area contributed by atoms with Crippen LogP contribution >= 0.6 is 15.9 Å². The number of aromatic carboxylic acids is 1. The van der Waals surface area contributed by atoms with E-state index >= 15 is 0 Å². The van der Waals surface area contributed by atoms with Gasteiger partial charge in [-0.3, -0.25) is 4.90 Å². The number of benzene rings is 1. The lowest BCUT2D eigenvalue weighted by molar-refractivity contribution is 0.0696. The molecule has 2 aliphatic rings. The number of anilines is 1. The van der Waals surface area contributed by atoms with Crippen LogP contribution in [-0.4, -0.2) is 48.2 Å². The largest absolute Gasteiger partial charge is 0.478 e. The third-order valence-corrected chi connectivity index (χ3v) is 5.01. The van der Waals surface area contributed by atoms with E-state index < -0.39 is 5.97 Å².